The van der Waals surface area contributed by atoms with Crippen LogP contribution in [-0.2, 0) is 0 Å². The Kier molecular flexibility index (Phi) is 4.81. The fraction of sp³-hybridized carbons (Fsp3) is 0.667. The van der Waals surface area contributed by atoms with Crippen molar-refractivity contribution in [3.8, 4) is 0 Å². The highest BCUT2D eigenvalue weighted by Gasteiger charge is 2.27. The molecule has 116 valence electrons. The lowest BCUT2D eigenvalue weighted by atomic mass is 9.97. The number of likely N-dealkylation sites (tertiary alicyclic amines) is 2. The third-order valence-electron chi connectivity index (χ3n) is 5.37. The van der Waals surface area contributed by atoms with Gasteiger partial charge in [-0.3, -0.25) is 4.90 Å². The van der Waals surface area contributed by atoms with E-state index in [0.717, 1.165) is 11.7 Å². The van der Waals surface area contributed by atoms with Gasteiger partial charge in [-0.1, -0.05) is 18.6 Å². The van der Waals surface area contributed by atoms with Crippen molar-refractivity contribution in [3.63, 3.8) is 0 Å². The largest absolute Gasteiger partial charge is 0.399 e. The Morgan fingerprint density at radius 1 is 0.952 bits per heavy atom. The molecule has 0 spiro atoms. The number of piperidine rings is 2. The van der Waals surface area contributed by atoms with Crippen LogP contribution >= 0.6 is 0 Å². The Balaban J connectivity index is 1.53. The second-order valence-corrected chi connectivity index (χ2v) is 6.71. The van der Waals surface area contributed by atoms with E-state index < -0.39 is 0 Å². The molecule has 21 heavy (non-hydrogen) atoms. The summed E-state index contributed by atoms with van der Waals surface area (Å²) >= 11 is 0. The Morgan fingerprint density at radius 2 is 1.57 bits per heavy atom. The van der Waals surface area contributed by atoms with Crippen molar-refractivity contribution in [2.24, 2.45) is 0 Å². The van der Waals surface area contributed by atoms with Crippen LogP contribution in [0.5, 0.6) is 0 Å². The second-order valence-electron chi connectivity index (χ2n) is 6.71. The van der Waals surface area contributed by atoms with E-state index in [2.05, 4.69) is 28.9 Å². The molecule has 2 aliphatic rings. The lowest BCUT2D eigenvalue weighted by Crippen LogP contribution is -2.47. The average molecular weight is 287 g/mol. The molecule has 0 aliphatic carbocycles. The molecule has 0 amide bonds. The van der Waals surface area contributed by atoms with Gasteiger partial charge in [0.25, 0.3) is 0 Å². The minimum absolute atomic E-state index is 0.507. The number of anilines is 1. The molecule has 0 saturated carbocycles. The molecule has 3 nitrogen and oxygen atoms in total. The Labute approximate surface area is 129 Å². The minimum Gasteiger partial charge on any atom is -0.399 e. The molecule has 1 unspecified atom stereocenters. The van der Waals surface area contributed by atoms with Gasteiger partial charge in [-0.2, -0.15) is 0 Å². The van der Waals surface area contributed by atoms with Gasteiger partial charge in [0.15, 0.2) is 0 Å². The van der Waals surface area contributed by atoms with Crippen LogP contribution in [0.2, 0.25) is 0 Å². The molecule has 2 heterocycles. The third kappa shape index (κ3) is 3.58. The first-order chi connectivity index (χ1) is 10.2. The monoisotopic (exact) mass is 287 g/mol. The highest BCUT2D eigenvalue weighted by Crippen LogP contribution is 2.27. The normalized spacial score (nSPS) is 24.0. The summed E-state index contributed by atoms with van der Waals surface area (Å²) in [5, 5.41) is 0. The number of benzene rings is 1. The number of rotatable bonds is 3. The summed E-state index contributed by atoms with van der Waals surface area (Å²) in [5.74, 6) is 0. The summed E-state index contributed by atoms with van der Waals surface area (Å²) < 4.78 is 0. The topological polar surface area (TPSA) is 32.5 Å². The highest BCUT2D eigenvalue weighted by molar-refractivity contribution is 5.40. The Hall–Kier alpha value is -1.06. The van der Waals surface area contributed by atoms with Gasteiger partial charge in [0.1, 0.15) is 0 Å². The molecule has 1 aromatic rings. The van der Waals surface area contributed by atoms with Crippen LogP contribution in [0.4, 0.5) is 5.69 Å². The van der Waals surface area contributed by atoms with E-state index in [1.807, 2.05) is 12.1 Å². The van der Waals surface area contributed by atoms with Gasteiger partial charge in [0.05, 0.1) is 0 Å². The maximum atomic E-state index is 5.79. The van der Waals surface area contributed by atoms with Gasteiger partial charge in [0, 0.05) is 30.9 Å². The van der Waals surface area contributed by atoms with Crippen molar-refractivity contribution in [1.29, 1.82) is 0 Å². The van der Waals surface area contributed by atoms with Crippen LogP contribution in [0.3, 0.4) is 0 Å². The third-order valence-corrected chi connectivity index (χ3v) is 5.37. The van der Waals surface area contributed by atoms with Crippen molar-refractivity contribution in [1.82, 2.24) is 9.80 Å². The van der Waals surface area contributed by atoms with Gasteiger partial charge in [-0.15, -0.1) is 0 Å². The molecule has 2 N–H and O–H groups in total. The van der Waals surface area contributed by atoms with Crippen LogP contribution in [0, 0.1) is 0 Å². The van der Waals surface area contributed by atoms with E-state index in [1.54, 1.807) is 0 Å². The first kappa shape index (κ1) is 14.9. The maximum absolute atomic E-state index is 5.79. The van der Waals surface area contributed by atoms with Crippen LogP contribution < -0.4 is 5.73 Å². The molecule has 1 atom stereocenters. The zero-order valence-electron chi connectivity index (χ0n) is 13.3. The molecule has 0 aromatic heterocycles. The molecule has 0 radical (unpaired) electrons. The lowest BCUT2D eigenvalue weighted by Gasteiger charge is -2.42. The van der Waals surface area contributed by atoms with Crippen molar-refractivity contribution in [2.75, 3.05) is 31.9 Å². The predicted molar refractivity (Wildman–Crippen MR) is 89.3 cm³/mol. The average Bonchev–Trinajstić information content (AvgIpc) is 2.56. The SMILES string of the molecule is CC(c1ccc(N)cc1)N1CCC(N2CCCCC2)CC1. The summed E-state index contributed by atoms with van der Waals surface area (Å²) in [6.45, 7) is 7.45. The molecule has 2 fully saturated rings. The quantitative estimate of drug-likeness (QED) is 0.866. The number of hydrogen-bond donors (Lipinski definition) is 1. The summed E-state index contributed by atoms with van der Waals surface area (Å²) in [5.41, 5.74) is 8.03. The van der Waals surface area contributed by atoms with Gasteiger partial charge in [0.2, 0.25) is 0 Å². The van der Waals surface area contributed by atoms with Crippen LogP contribution in [0.25, 0.3) is 0 Å². The number of hydrogen-bond acceptors (Lipinski definition) is 3. The zero-order valence-corrected chi connectivity index (χ0v) is 13.3. The van der Waals surface area contributed by atoms with Gasteiger partial charge in [-0.25, -0.2) is 0 Å². The van der Waals surface area contributed by atoms with Gasteiger partial charge < -0.3 is 10.6 Å². The predicted octanol–water partition coefficient (Wildman–Crippen LogP) is 3.28. The van der Waals surface area contributed by atoms with Gasteiger partial charge in [-0.05, 0) is 63.4 Å². The van der Waals surface area contributed by atoms with E-state index in [-0.39, 0.29) is 0 Å². The Morgan fingerprint density at radius 3 is 2.19 bits per heavy atom. The molecule has 2 saturated heterocycles. The molecule has 3 rings (SSSR count). The standard InChI is InChI=1S/C18H29N3/c1-15(16-5-7-17(19)8-6-16)20-13-9-18(10-14-20)21-11-3-2-4-12-21/h5-8,15,18H,2-4,9-14,19H2,1H3. The fourth-order valence-electron chi connectivity index (χ4n) is 3.91. The van der Waals surface area contributed by atoms with E-state index in [0.29, 0.717) is 6.04 Å². The van der Waals surface area contributed by atoms with Gasteiger partial charge >= 0.3 is 0 Å². The first-order valence-corrected chi connectivity index (χ1v) is 8.57. The van der Waals surface area contributed by atoms with Crippen LogP contribution in [0.1, 0.15) is 50.6 Å². The number of nitrogens with two attached hydrogens (primary N) is 1. The maximum Gasteiger partial charge on any atom is 0.0319 e. The van der Waals surface area contributed by atoms with E-state index in [9.17, 15) is 0 Å². The summed E-state index contributed by atoms with van der Waals surface area (Å²) in [4.78, 5) is 5.38. The first-order valence-electron chi connectivity index (χ1n) is 8.57. The lowest BCUT2D eigenvalue weighted by molar-refractivity contribution is 0.0758. The van der Waals surface area contributed by atoms with Crippen LogP contribution in [-0.4, -0.2) is 42.0 Å². The zero-order chi connectivity index (χ0) is 14.7. The number of nitrogens with zero attached hydrogens (tertiary/aromatic N) is 2. The summed E-state index contributed by atoms with van der Waals surface area (Å²) in [6, 6.07) is 9.74. The van der Waals surface area contributed by atoms with Crippen molar-refractivity contribution < 1.29 is 0 Å². The van der Waals surface area contributed by atoms with Crippen molar-refractivity contribution in [2.45, 2.75) is 51.1 Å². The number of nitrogen functional groups attached to an aromatic ring is 1. The smallest absolute Gasteiger partial charge is 0.0319 e. The summed E-state index contributed by atoms with van der Waals surface area (Å²) in [7, 11) is 0. The van der Waals surface area contributed by atoms with Crippen molar-refractivity contribution >= 4 is 5.69 Å². The molecule has 1 aromatic carbocycles. The summed E-state index contributed by atoms with van der Waals surface area (Å²) in [6.07, 6.45) is 6.91. The highest BCUT2D eigenvalue weighted by atomic mass is 15.2. The molecular weight excluding hydrogens is 258 g/mol. The van der Waals surface area contributed by atoms with E-state index in [4.69, 9.17) is 5.73 Å². The molecule has 0 bridgehead atoms. The van der Waals surface area contributed by atoms with E-state index in [1.165, 1.54) is 63.8 Å². The minimum atomic E-state index is 0.507. The van der Waals surface area contributed by atoms with E-state index >= 15 is 0 Å². The fourth-order valence-corrected chi connectivity index (χ4v) is 3.91. The second kappa shape index (κ2) is 6.80. The molecular formula is C18H29N3. The van der Waals surface area contributed by atoms with Crippen LogP contribution in [0.15, 0.2) is 24.3 Å². The van der Waals surface area contributed by atoms with Crippen molar-refractivity contribution in [3.05, 3.63) is 29.8 Å². The Bertz CT molecular complexity index is 428. The molecule has 2 aliphatic heterocycles. The molecule has 3 heteroatoms.